The molecule has 1 heterocycles. The van der Waals surface area contributed by atoms with Gasteiger partial charge in [0, 0.05) is 0 Å². The van der Waals surface area contributed by atoms with E-state index in [0.29, 0.717) is 0 Å². The summed E-state index contributed by atoms with van der Waals surface area (Å²) in [5.74, 6) is 0. The zero-order chi connectivity index (χ0) is 14.7. The van der Waals surface area contributed by atoms with Crippen molar-refractivity contribution in [3.63, 3.8) is 0 Å². The summed E-state index contributed by atoms with van der Waals surface area (Å²) in [5.41, 5.74) is 2.49. The Kier molecular flexibility index (Phi) is 4.54. The summed E-state index contributed by atoms with van der Waals surface area (Å²) in [6.45, 7) is 7.59. The van der Waals surface area contributed by atoms with Crippen molar-refractivity contribution in [2.24, 2.45) is 0 Å². The molecule has 0 radical (unpaired) electrons. The second-order valence-corrected chi connectivity index (χ2v) is 12.6. The molecule has 2 rings (SSSR count). The Morgan fingerprint density at radius 1 is 1.00 bits per heavy atom. The molecule has 0 aliphatic carbocycles. The molecule has 0 amide bonds. The van der Waals surface area contributed by atoms with E-state index in [-0.39, 0.29) is 0 Å². The molecule has 1 aromatic carbocycles. The van der Waals surface area contributed by atoms with E-state index < -0.39 is 6.75 Å². The zero-order valence-electron chi connectivity index (χ0n) is 13.5. The predicted octanol–water partition coefficient (Wildman–Crippen LogP) is 5.21. The molecule has 0 atom stereocenters. The van der Waals surface area contributed by atoms with Crippen molar-refractivity contribution >= 4 is 17.8 Å². The van der Waals surface area contributed by atoms with Gasteiger partial charge in [0.2, 0.25) is 0 Å². The summed E-state index contributed by atoms with van der Waals surface area (Å²) in [6, 6.07) is 8.62. The van der Waals surface area contributed by atoms with Crippen LogP contribution in [0.15, 0.2) is 30.6 Å². The minimum absolute atomic E-state index is 1.15. The van der Waals surface area contributed by atoms with Crippen LogP contribution in [0.2, 0.25) is 0 Å². The number of benzene rings is 1. The Hall–Kier alpha value is -0.880. The number of fused-ring (bicyclic) bond motifs is 1. The second-order valence-electron chi connectivity index (χ2n) is 6.01. The number of unbranched alkanes of at least 4 members (excludes halogenated alkanes) is 1. The Labute approximate surface area is 123 Å². The monoisotopic (exact) mass is 292 g/mol. The summed E-state index contributed by atoms with van der Waals surface area (Å²) in [4.78, 5) is 4.68. The van der Waals surface area contributed by atoms with E-state index in [0.717, 1.165) is 5.52 Å². The number of nitrogens with zero attached hydrogens (tertiary/aromatic N) is 2. The SMILES string of the molecule is CCCCP(CC)(CC)(CC)n1cnc2ccccc21. The first kappa shape index (κ1) is 15.5. The normalized spacial score (nSPS) is 14.3. The molecular weight excluding hydrogens is 263 g/mol. The molecule has 0 N–H and O–H groups in total. The van der Waals surface area contributed by atoms with Crippen molar-refractivity contribution in [3.8, 4) is 0 Å². The van der Waals surface area contributed by atoms with Crippen molar-refractivity contribution < 1.29 is 0 Å². The van der Waals surface area contributed by atoms with Crippen molar-refractivity contribution in [2.75, 3.05) is 24.6 Å². The standard InChI is InChI=1S/C17H29N2P/c1-5-9-14-20(6-2,7-3,8-4)19-15-18-16-12-10-11-13-17(16)19/h10-13,15H,5-9,14H2,1-4H3. The Balaban J connectivity index is 2.67. The molecule has 3 heteroatoms. The van der Waals surface area contributed by atoms with Crippen LogP contribution >= 0.6 is 6.75 Å². The van der Waals surface area contributed by atoms with Gasteiger partial charge in [-0.3, -0.25) is 0 Å². The van der Waals surface area contributed by atoms with Crippen LogP contribution in [0.3, 0.4) is 0 Å². The molecule has 0 bridgehead atoms. The Morgan fingerprint density at radius 2 is 1.65 bits per heavy atom. The number of aromatic nitrogens is 2. The van der Waals surface area contributed by atoms with E-state index in [1.54, 1.807) is 0 Å². The molecule has 20 heavy (non-hydrogen) atoms. The van der Waals surface area contributed by atoms with E-state index >= 15 is 0 Å². The molecular formula is C17H29N2P. The van der Waals surface area contributed by atoms with E-state index in [2.05, 4.69) is 67.6 Å². The molecule has 112 valence electrons. The number of para-hydroxylation sites is 2. The van der Waals surface area contributed by atoms with Gasteiger partial charge in [0.15, 0.2) is 0 Å². The molecule has 2 nitrogen and oxygen atoms in total. The third-order valence-electron chi connectivity index (χ3n) is 5.57. The van der Waals surface area contributed by atoms with Gasteiger partial charge in [-0.05, 0) is 0 Å². The summed E-state index contributed by atoms with van der Waals surface area (Å²) in [5, 5.41) is 0. The van der Waals surface area contributed by atoms with Gasteiger partial charge < -0.3 is 0 Å². The van der Waals surface area contributed by atoms with Crippen molar-refractivity contribution in [1.29, 1.82) is 0 Å². The van der Waals surface area contributed by atoms with Crippen molar-refractivity contribution in [1.82, 2.24) is 9.32 Å². The molecule has 2 aromatic rings. The van der Waals surface area contributed by atoms with Gasteiger partial charge in [0.05, 0.1) is 0 Å². The van der Waals surface area contributed by atoms with Crippen LogP contribution in [0.25, 0.3) is 11.0 Å². The van der Waals surface area contributed by atoms with Gasteiger partial charge in [-0.15, -0.1) is 0 Å². The van der Waals surface area contributed by atoms with Crippen LogP contribution in [-0.4, -0.2) is 34.0 Å². The Bertz CT molecular complexity index is 558. The summed E-state index contributed by atoms with van der Waals surface area (Å²) in [7, 11) is 0. The fourth-order valence-corrected chi connectivity index (χ4v) is 9.34. The predicted molar refractivity (Wildman–Crippen MR) is 93.4 cm³/mol. The average molecular weight is 292 g/mol. The third kappa shape index (κ3) is 2.19. The first-order chi connectivity index (χ1) is 9.65. The van der Waals surface area contributed by atoms with Crippen LogP contribution < -0.4 is 0 Å². The summed E-state index contributed by atoms with van der Waals surface area (Å²) < 4.78 is 2.62. The van der Waals surface area contributed by atoms with Crippen LogP contribution in [0.4, 0.5) is 0 Å². The second kappa shape index (κ2) is 5.85. The Morgan fingerprint density at radius 3 is 2.25 bits per heavy atom. The molecule has 0 aliphatic heterocycles. The van der Waals surface area contributed by atoms with Crippen LogP contribution in [0, 0.1) is 0 Å². The molecule has 0 fully saturated rings. The maximum absolute atomic E-state index is 4.68. The fourth-order valence-electron chi connectivity index (χ4n) is 3.67. The van der Waals surface area contributed by atoms with E-state index in [9.17, 15) is 0 Å². The molecule has 1 aromatic heterocycles. The molecule has 0 saturated carbocycles. The number of hydrogen-bond acceptors (Lipinski definition) is 1. The first-order valence-electron chi connectivity index (χ1n) is 8.08. The molecule has 0 aliphatic rings. The van der Waals surface area contributed by atoms with Gasteiger partial charge in [0.1, 0.15) is 0 Å². The molecule has 0 spiro atoms. The zero-order valence-corrected chi connectivity index (χ0v) is 14.4. The van der Waals surface area contributed by atoms with Crippen molar-refractivity contribution in [3.05, 3.63) is 30.6 Å². The van der Waals surface area contributed by atoms with E-state index in [4.69, 9.17) is 0 Å². The molecule has 0 saturated heterocycles. The van der Waals surface area contributed by atoms with E-state index in [1.807, 2.05) is 0 Å². The van der Waals surface area contributed by atoms with Crippen LogP contribution in [0.5, 0.6) is 0 Å². The van der Waals surface area contributed by atoms with Gasteiger partial charge in [-0.25, -0.2) is 0 Å². The van der Waals surface area contributed by atoms with Gasteiger partial charge in [0.25, 0.3) is 0 Å². The third-order valence-corrected chi connectivity index (χ3v) is 13.4. The summed E-state index contributed by atoms with van der Waals surface area (Å²) >= 11 is 0. The number of imidazole rings is 1. The fraction of sp³-hybridized carbons (Fsp3) is 0.588. The van der Waals surface area contributed by atoms with Crippen LogP contribution in [-0.2, 0) is 0 Å². The minimum atomic E-state index is -1.91. The quantitative estimate of drug-likeness (QED) is 0.640. The summed E-state index contributed by atoms with van der Waals surface area (Å²) in [6.07, 6.45) is 9.99. The topological polar surface area (TPSA) is 17.8 Å². The molecule has 0 unspecified atom stereocenters. The van der Waals surface area contributed by atoms with E-state index in [1.165, 1.54) is 43.0 Å². The maximum atomic E-state index is 4.68. The van der Waals surface area contributed by atoms with Crippen LogP contribution in [0.1, 0.15) is 40.5 Å². The van der Waals surface area contributed by atoms with Gasteiger partial charge >= 0.3 is 123 Å². The van der Waals surface area contributed by atoms with Gasteiger partial charge in [-0.2, -0.15) is 0 Å². The van der Waals surface area contributed by atoms with Gasteiger partial charge in [-0.1, -0.05) is 0 Å². The number of rotatable bonds is 7. The number of hydrogen-bond donors (Lipinski definition) is 0. The van der Waals surface area contributed by atoms with Crippen molar-refractivity contribution in [2.45, 2.75) is 40.5 Å². The average Bonchev–Trinajstić information content (AvgIpc) is 2.95. The first-order valence-corrected chi connectivity index (χ1v) is 11.0.